The van der Waals surface area contributed by atoms with Crippen LogP contribution in [0.15, 0.2) is 59.8 Å². The average Bonchev–Trinajstić information content (AvgIpc) is 2.83. The molecule has 1 atom stereocenters. The summed E-state index contributed by atoms with van der Waals surface area (Å²) in [4.78, 5) is 27.5. The first-order valence-corrected chi connectivity index (χ1v) is 12.4. The molecule has 3 rings (SSSR count). The lowest BCUT2D eigenvalue weighted by molar-refractivity contribution is -0.140. The fraction of sp³-hybridized carbons (Fsp3) is 0.370. The molecule has 0 aromatic heterocycles. The highest BCUT2D eigenvalue weighted by atomic mass is 32.1. The Bertz CT molecular complexity index is 1110. The Labute approximate surface area is 212 Å². The summed E-state index contributed by atoms with van der Waals surface area (Å²) in [5.41, 5.74) is 4.66. The molecule has 1 heterocycles. The zero-order chi connectivity index (χ0) is 25.5. The molecule has 0 saturated heterocycles. The Kier molecular flexibility index (Phi) is 8.87. The summed E-state index contributed by atoms with van der Waals surface area (Å²) in [7, 11) is 0. The smallest absolute Gasteiger partial charge is 0.338 e. The van der Waals surface area contributed by atoms with Crippen molar-refractivity contribution in [2.24, 2.45) is 5.92 Å². The van der Waals surface area contributed by atoms with Crippen molar-refractivity contribution < 1.29 is 14.3 Å². The van der Waals surface area contributed by atoms with Crippen LogP contribution in [0.1, 0.15) is 51.8 Å². The van der Waals surface area contributed by atoms with Gasteiger partial charge >= 0.3 is 12.0 Å². The third-order valence-corrected chi connectivity index (χ3v) is 6.17. The molecule has 3 N–H and O–H groups in total. The van der Waals surface area contributed by atoms with Gasteiger partial charge in [0.2, 0.25) is 0 Å². The number of carbonyl (C=O) groups is 2. The number of allylic oxidation sites excluding steroid dienone is 1. The fourth-order valence-electron chi connectivity index (χ4n) is 3.99. The van der Waals surface area contributed by atoms with Gasteiger partial charge in [0.05, 0.1) is 18.2 Å². The molecule has 0 radical (unpaired) electrons. The summed E-state index contributed by atoms with van der Waals surface area (Å²) in [5.74, 6) is -0.121. The molecular formula is C27H34N4O3S. The summed E-state index contributed by atoms with van der Waals surface area (Å²) in [6, 6.07) is 14.3. The molecule has 0 bridgehead atoms. The maximum Gasteiger partial charge on any atom is 0.338 e. The number of nitrogens with zero attached hydrogens (tertiary/aromatic N) is 1. The molecule has 0 spiro atoms. The van der Waals surface area contributed by atoms with Crippen molar-refractivity contribution in [3.05, 3.63) is 70.9 Å². The lowest BCUT2D eigenvalue weighted by atomic mass is 9.95. The van der Waals surface area contributed by atoms with Gasteiger partial charge in [-0.05, 0) is 67.7 Å². The lowest BCUT2D eigenvalue weighted by Gasteiger charge is -2.37. The molecule has 186 valence electrons. The summed E-state index contributed by atoms with van der Waals surface area (Å²) in [6.45, 7) is 10.9. The van der Waals surface area contributed by atoms with Gasteiger partial charge in [-0.2, -0.15) is 0 Å². The molecular weight excluding hydrogens is 460 g/mol. The Morgan fingerprint density at radius 2 is 1.77 bits per heavy atom. The molecule has 8 heteroatoms. The van der Waals surface area contributed by atoms with Crippen molar-refractivity contribution in [1.29, 1.82) is 0 Å². The predicted octanol–water partition coefficient (Wildman–Crippen LogP) is 5.62. The van der Waals surface area contributed by atoms with E-state index < -0.39 is 6.04 Å². The Hall–Kier alpha value is -3.39. The second kappa shape index (κ2) is 11.8. The highest BCUT2D eigenvalue weighted by Gasteiger charge is 2.34. The lowest BCUT2D eigenvalue weighted by Crippen LogP contribution is -2.47. The van der Waals surface area contributed by atoms with Crippen LogP contribution in [0.4, 0.5) is 16.2 Å². The number of para-hydroxylation sites is 1. The van der Waals surface area contributed by atoms with Crippen LogP contribution >= 0.6 is 12.2 Å². The monoisotopic (exact) mass is 494 g/mol. The summed E-state index contributed by atoms with van der Waals surface area (Å²) >= 11 is 5.55. The minimum Gasteiger partial charge on any atom is -0.462 e. The Balaban J connectivity index is 1.79. The van der Waals surface area contributed by atoms with E-state index in [1.54, 1.807) is 0 Å². The van der Waals surface area contributed by atoms with Gasteiger partial charge in [0.15, 0.2) is 5.11 Å². The van der Waals surface area contributed by atoms with Crippen molar-refractivity contribution >= 4 is 40.7 Å². The molecule has 0 saturated carbocycles. The molecule has 2 aromatic rings. The SMILES string of the molecule is CCc1ccccc1NC(=O)Nc1ccc(C2NC(=S)N(CC)C(C)=C2C(=O)OCC(C)C)cc1. The van der Waals surface area contributed by atoms with Crippen molar-refractivity contribution in [2.75, 3.05) is 23.8 Å². The minimum absolute atomic E-state index is 0.235. The van der Waals surface area contributed by atoms with Crippen LogP contribution in [0.2, 0.25) is 0 Å². The van der Waals surface area contributed by atoms with Crippen LogP contribution in [-0.4, -0.2) is 35.2 Å². The van der Waals surface area contributed by atoms with Crippen molar-refractivity contribution in [3.8, 4) is 0 Å². The summed E-state index contributed by atoms with van der Waals surface area (Å²) in [5, 5.41) is 9.62. The van der Waals surface area contributed by atoms with E-state index in [4.69, 9.17) is 17.0 Å². The molecule has 0 fully saturated rings. The van der Waals surface area contributed by atoms with Gasteiger partial charge in [-0.25, -0.2) is 9.59 Å². The first-order chi connectivity index (χ1) is 16.7. The predicted molar refractivity (Wildman–Crippen MR) is 144 cm³/mol. The van der Waals surface area contributed by atoms with E-state index in [1.807, 2.05) is 88.0 Å². The van der Waals surface area contributed by atoms with Gasteiger partial charge < -0.3 is 25.6 Å². The standard InChI is InChI=1S/C27H34N4O3S/c1-6-19-10-8-9-11-22(19)29-26(33)28-21-14-12-20(13-15-21)24-23(25(32)34-16-17(3)4)18(5)31(7-2)27(35)30-24/h8-15,17,24H,6-7,16H2,1-5H3,(H,30,35)(H2,28,29,33). The first-order valence-electron chi connectivity index (χ1n) is 12.0. The fourth-order valence-corrected chi connectivity index (χ4v) is 4.37. The van der Waals surface area contributed by atoms with Crippen molar-refractivity contribution in [3.63, 3.8) is 0 Å². The molecule has 1 unspecified atom stereocenters. The van der Waals surface area contributed by atoms with Crippen molar-refractivity contribution in [1.82, 2.24) is 10.2 Å². The van der Waals surface area contributed by atoms with Crippen LogP contribution in [0.3, 0.4) is 0 Å². The Morgan fingerprint density at radius 3 is 2.40 bits per heavy atom. The number of anilines is 2. The largest absolute Gasteiger partial charge is 0.462 e. The normalized spacial score (nSPS) is 15.7. The second-order valence-corrected chi connectivity index (χ2v) is 9.22. The average molecular weight is 495 g/mol. The zero-order valence-electron chi connectivity index (χ0n) is 21.0. The van der Waals surface area contributed by atoms with Gasteiger partial charge in [0.25, 0.3) is 0 Å². The molecule has 1 aliphatic heterocycles. The van der Waals surface area contributed by atoms with E-state index in [-0.39, 0.29) is 17.9 Å². The number of urea groups is 1. The van der Waals surface area contributed by atoms with Gasteiger partial charge in [0, 0.05) is 23.6 Å². The molecule has 2 aromatic carbocycles. The second-order valence-electron chi connectivity index (χ2n) is 8.83. The zero-order valence-corrected chi connectivity index (χ0v) is 21.8. The topological polar surface area (TPSA) is 82.7 Å². The molecule has 2 amide bonds. The number of hydrogen-bond donors (Lipinski definition) is 3. The van der Waals surface area contributed by atoms with E-state index in [9.17, 15) is 9.59 Å². The Morgan fingerprint density at radius 1 is 1.09 bits per heavy atom. The number of benzene rings is 2. The quantitative estimate of drug-likeness (QED) is 0.327. The molecule has 35 heavy (non-hydrogen) atoms. The van der Waals surface area contributed by atoms with E-state index in [0.717, 1.165) is 28.9 Å². The molecule has 1 aliphatic rings. The van der Waals surface area contributed by atoms with Crippen LogP contribution < -0.4 is 16.0 Å². The minimum atomic E-state index is -0.440. The van der Waals surface area contributed by atoms with Crippen molar-refractivity contribution in [2.45, 2.75) is 47.1 Å². The van der Waals surface area contributed by atoms with E-state index in [0.29, 0.717) is 29.5 Å². The summed E-state index contributed by atoms with van der Waals surface area (Å²) in [6.07, 6.45) is 0.825. The number of esters is 1. The third kappa shape index (κ3) is 6.39. The number of nitrogens with one attached hydrogen (secondary N) is 3. The highest BCUT2D eigenvalue weighted by molar-refractivity contribution is 7.80. The van der Waals surface area contributed by atoms with Gasteiger partial charge in [0.1, 0.15) is 0 Å². The number of hydrogen-bond acceptors (Lipinski definition) is 4. The molecule has 0 aliphatic carbocycles. The van der Waals surface area contributed by atoms with Gasteiger partial charge in [-0.15, -0.1) is 0 Å². The number of amides is 2. The summed E-state index contributed by atoms with van der Waals surface area (Å²) < 4.78 is 5.57. The number of rotatable bonds is 8. The van der Waals surface area contributed by atoms with Gasteiger partial charge in [-0.1, -0.05) is 51.1 Å². The van der Waals surface area contributed by atoms with Crippen LogP contribution in [0.5, 0.6) is 0 Å². The number of aryl methyl sites for hydroxylation is 1. The molecule has 7 nitrogen and oxygen atoms in total. The first kappa shape index (κ1) is 26.2. The number of thiocarbonyl (C=S) groups is 1. The maximum atomic E-state index is 13.0. The third-order valence-electron chi connectivity index (χ3n) is 5.83. The highest BCUT2D eigenvalue weighted by Crippen LogP contribution is 2.32. The number of carbonyl (C=O) groups excluding carboxylic acids is 2. The maximum absolute atomic E-state index is 13.0. The van der Waals surface area contributed by atoms with E-state index in [1.165, 1.54) is 0 Å². The van der Waals surface area contributed by atoms with E-state index >= 15 is 0 Å². The van der Waals surface area contributed by atoms with Gasteiger partial charge in [-0.3, -0.25) is 0 Å². The van der Waals surface area contributed by atoms with Crippen LogP contribution in [-0.2, 0) is 16.0 Å². The van der Waals surface area contributed by atoms with E-state index in [2.05, 4.69) is 16.0 Å². The van der Waals surface area contributed by atoms with Crippen LogP contribution in [0.25, 0.3) is 0 Å². The van der Waals surface area contributed by atoms with Crippen LogP contribution in [0, 0.1) is 5.92 Å². The number of ether oxygens (including phenoxy) is 1.